The van der Waals surface area contributed by atoms with Crippen molar-refractivity contribution in [2.75, 3.05) is 6.54 Å². The van der Waals surface area contributed by atoms with Crippen molar-refractivity contribution in [2.45, 2.75) is 71.5 Å². The first kappa shape index (κ1) is 31.1. The number of hydrogen-bond donors (Lipinski definition) is 0. The summed E-state index contributed by atoms with van der Waals surface area (Å²) in [5, 5.41) is 0. The third kappa shape index (κ3) is 6.16. The number of imide groups is 1. The summed E-state index contributed by atoms with van der Waals surface area (Å²) in [6, 6.07) is 22.1. The molecule has 0 aromatic heterocycles. The number of fused-ring (bicyclic) bond motifs is 2. The Morgan fingerprint density at radius 3 is 2.20 bits per heavy atom. The second-order valence-corrected chi connectivity index (χ2v) is 12.7. The number of rotatable bonds is 10. The van der Waals surface area contributed by atoms with Gasteiger partial charge in [0.1, 0.15) is 12.1 Å². The van der Waals surface area contributed by atoms with Gasteiger partial charge in [-0.25, -0.2) is 19.1 Å². The zero-order valence-corrected chi connectivity index (χ0v) is 25.9. The number of ether oxygens (including phenoxy) is 2. The SMILES string of the molecule is CC(C)C(C)CCC(C)(C)OC(=O)CN1C(=O)OC2(CCc3c2ccc(N=C(c2ccccc2)c2ccccc2)c3F)C1=O. The molecule has 230 valence electrons. The van der Waals surface area contributed by atoms with Crippen LogP contribution in [-0.2, 0) is 31.1 Å². The van der Waals surface area contributed by atoms with Gasteiger partial charge in [0.2, 0.25) is 5.60 Å². The topological polar surface area (TPSA) is 85.3 Å². The van der Waals surface area contributed by atoms with E-state index in [4.69, 9.17) is 14.5 Å². The lowest BCUT2D eigenvalue weighted by Crippen LogP contribution is -2.42. The number of carbonyl (C=O) groups excluding carboxylic acids is 3. The highest BCUT2D eigenvalue weighted by Gasteiger charge is 2.59. The Balaban J connectivity index is 1.37. The van der Waals surface area contributed by atoms with Gasteiger partial charge in [-0.15, -0.1) is 0 Å². The summed E-state index contributed by atoms with van der Waals surface area (Å²) in [5.41, 5.74) is 0.500. The molecule has 1 saturated heterocycles. The zero-order valence-electron chi connectivity index (χ0n) is 25.9. The van der Waals surface area contributed by atoms with Gasteiger partial charge in [-0.1, -0.05) is 87.5 Å². The first-order valence-electron chi connectivity index (χ1n) is 15.2. The standard InChI is InChI=1S/C36H39FN2O5/c1-23(2)24(3)18-20-35(4,5)43-30(40)22-39-33(41)36(44-34(39)42)21-19-27-28(36)16-17-29(31(27)37)38-32(25-12-8-6-9-13-25)26-14-10-7-11-15-26/h6-17,23-24H,18-22H2,1-5H3. The molecule has 44 heavy (non-hydrogen) atoms. The van der Waals surface area contributed by atoms with E-state index < -0.39 is 41.5 Å². The van der Waals surface area contributed by atoms with Gasteiger partial charge in [0.25, 0.3) is 5.91 Å². The summed E-state index contributed by atoms with van der Waals surface area (Å²) < 4.78 is 27.4. The number of halogens is 1. The van der Waals surface area contributed by atoms with Crippen LogP contribution in [0.4, 0.5) is 14.9 Å². The van der Waals surface area contributed by atoms with Crippen molar-refractivity contribution < 1.29 is 28.2 Å². The van der Waals surface area contributed by atoms with Gasteiger partial charge in [0.05, 0.1) is 11.4 Å². The van der Waals surface area contributed by atoms with Gasteiger partial charge in [-0.05, 0) is 56.6 Å². The minimum Gasteiger partial charge on any atom is -0.458 e. The first-order valence-corrected chi connectivity index (χ1v) is 15.2. The maximum atomic E-state index is 16.1. The maximum absolute atomic E-state index is 16.1. The Bertz CT molecular complexity index is 1540. The minimum atomic E-state index is -1.68. The summed E-state index contributed by atoms with van der Waals surface area (Å²) in [4.78, 5) is 44.9. The van der Waals surface area contributed by atoms with E-state index in [0.717, 1.165) is 22.4 Å². The van der Waals surface area contributed by atoms with Gasteiger partial charge in [0.15, 0.2) is 5.82 Å². The number of nitrogens with zero attached hydrogens (tertiary/aromatic N) is 2. The third-order valence-electron chi connectivity index (χ3n) is 8.80. The molecule has 3 aromatic carbocycles. The Labute approximate surface area is 258 Å². The number of aliphatic imine (C=N–C) groups is 1. The van der Waals surface area contributed by atoms with E-state index in [1.807, 2.05) is 74.5 Å². The van der Waals surface area contributed by atoms with Crippen molar-refractivity contribution in [3.05, 3.63) is 101 Å². The van der Waals surface area contributed by atoms with Crippen molar-refractivity contribution in [1.82, 2.24) is 4.90 Å². The van der Waals surface area contributed by atoms with Crippen molar-refractivity contribution in [2.24, 2.45) is 16.8 Å². The molecule has 2 unspecified atom stereocenters. The van der Waals surface area contributed by atoms with E-state index in [1.165, 1.54) is 6.07 Å². The zero-order chi connectivity index (χ0) is 31.6. The van der Waals surface area contributed by atoms with Crippen LogP contribution < -0.4 is 0 Å². The van der Waals surface area contributed by atoms with Crippen molar-refractivity contribution >= 4 is 29.4 Å². The summed E-state index contributed by atoms with van der Waals surface area (Å²) >= 11 is 0. The molecule has 3 aromatic rings. The van der Waals surface area contributed by atoms with Crippen LogP contribution >= 0.6 is 0 Å². The summed E-state index contributed by atoms with van der Waals surface area (Å²) in [6.07, 6.45) is 0.830. The molecule has 5 rings (SSSR count). The quantitative estimate of drug-likeness (QED) is 0.178. The lowest BCUT2D eigenvalue weighted by molar-refractivity contribution is -0.160. The summed E-state index contributed by atoms with van der Waals surface area (Å²) in [5.74, 6) is -0.984. The van der Waals surface area contributed by atoms with Crippen LogP contribution in [0.3, 0.4) is 0 Å². The second-order valence-electron chi connectivity index (χ2n) is 12.7. The number of hydrogen-bond acceptors (Lipinski definition) is 6. The molecule has 1 aliphatic carbocycles. The number of amides is 2. The predicted octanol–water partition coefficient (Wildman–Crippen LogP) is 7.51. The molecule has 2 atom stereocenters. The normalized spacial score (nSPS) is 18.4. The van der Waals surface area contributed by atoms with E-state index in [9.17, 15) is 14.4 Å². The van der Waals surface area contributed by atoms with E-state index in [0.29, 0.717) is 24.0 Å². The average molecular weight is 599 g/mol. The Hall–Kier alpha value is -4.33. The number of esters is 1. The smallest absolute Gasteiger partial charge is 0.418 e. The van der Waals surface area contributed by atoms with Gasteiger partial charge in [0, 0.05) is 23.1 Å². The van der Waals surface area contributed by atoms with Crippen molar-refractivity contribution in [3.63, 3.8) is 0 Å². The number of benzene rings is 3. The molecule has 8 heteroatoms. The molecule has 0 saturated carbocycles. The van der Waals surface area contributed by atoms with E-state index in [1.54, 1.807) is 6.07 Å². The van der Waals surface area contributed by atoms with Crippen molar-refractivity contribution in [3.8, 4) is 0 Å². The fourth-order valence-electron chi connectivity index (χ4n) is 5.80. The highest BCUT2D eigenvalue weighted by atomic mass is 19.1. The Kier molecular flexibility index (Phi) is 8.73. The van der Waals surface area contributed by atoms with Gasteiger partial charge >= 0.3 is 12.1 Å². The van der Waals surface area contributed by atoms with Crippen molar-refractivity contribution in [1.29, 1.82) is 0 Å². The van der Waals surface area contributed by atoms with Crippen LogP contribution in [0, 0.1) is 17.7 Å². The summed E-state index contributed by atoms with van der Waals surface area (Å²) in [7, 11) is 0. The van der Waals surface area contributed by atoms with Crippen LogP contribution in [0.25, 0.3) is 0 Å². The maximum Gasteiger partial charge on any atom is 0.418 e. The molecule has 7 nitrogen and oxygen atoms in total. The molecular weight excluding hydrogens is 559 g/mol. The average Bonchev–Trinajstić information content (AvgIpc) is 3.48. The Morgan fingerprint density at radius 2 is 1.61 bits per heavy atom. The van der Waals surface area contributed by atoms with Crippen LogP contribution in [-0.4, -0.2) is 40.7 Å². The molecule has 2 aliphatic rings. The fourth-order valence-corrected chi connectivity index (χ4v) is 5.80. The first-order chi connectivity index (χ1) is 20.9. The van der Waals surface area contributed by atoms with Gasteiger partial charge < -0.3 is 9.47 Å². The largest absolute Gasteiger partial charge is 0.458 e. The van der Waals surface area contributed by atoms with E-state index >= 15 is 4.39 Å². The number of carbonyl (C=O) groups is 3. The molecule has 1 aliphatic heterocycles. The molecule has 1 spiro atoms. The molecule has 0 radical (unpaired) electrons. The lowest BCUT2D eigenvalue weighted by atomic mass is 9.89. The third-order valence-corrected chi connectivity index (χ3v) is 8.80. The van der Waals surface area contributed by atoms with Crippen LogP contribution in [0.5, 0.6) is 0 Å². The molecule has 0 N–H and O–H groups in total. The molecular formula is C36H39FN2O5. The highest BCUT2D eigenvalue weighted by Crippen LogP contribution is 2.47. The molecule has 2 amide bonds. The minimum absolute atomic E-state index is 0.0748. The predicted molar refractivity (Wildman–Crippen MR) is 166 cm³/mol. The van der Waals surface area contributed by atoms with Crippen LogP contribution in [0.2, 0.25) is 0 Å². The van der Waals surface area contributed by atoms with Gasteiger partial charge in [-0.2, -0.15) is 0 Å². The lowest BCUT2D eigenvalue weighted by Gasteiger charge is -2.28. The second kappa shape index (κ2) is 12.3. The molecule has 1 heterocycles. The summed E-state index contributed by atoms with van der Waals surface area (Å²) in [6.45, 7) is 9.53. The van der Waals surface area contributed by atoms with E-state index in [-0.39, 0.29) is 29.7 Å². The van der Waals surface area contributed by atoms with Gasteiger partial charge in [-0.3, -0.25) is 9.59 Å². The molecule has 1 fully saturated rings. The van der Waals surface area contributed by atoms with Crippen LogP contribution in [0.15, 0.2) is 77.8 Å². The Morgan fingerprint density at radius 1 is 1.00 bits per heavy atom. The fraction of sp³-hybridized carbons (Fsp3) is 0.389. The molecule has 0 bridgehead atoms. The monoisotopic (exact) mass is 598 g/mol. The van der Waals surface area contributed by atoms with Crippen LogP contribution in [0.1, 0.15) is 76.1 Å². The highest BCUT2D eigenvalue weighted by molar-refractivity contribution is 6.14. The van der Waals surface area contributed by atoms with E-state index in [2.05, 4.69) is 20.8 Å².